The summed E-state index contributed by atoms with van der Waals surface area (Å²) in [4.78, 5) is 23.1. The van der Waals surface area contributed by atoms with E-state index >= 15 is 0 Å². The molecule has 1 N–H and O–H groups in total. The molecule has 0 saturated heterocycles. The molecule has 3 rings (SSSR count). The minimum Gasteiger partial charge on any atom is -0.497 e. The predicted molar refractivity (Wildman–Crippen MR) is 139 cm³/mol. The van der Waals surface area contributed by atoms with Crippen LogP contribution in [0.15, 0.2) is 60.7 Å². The van der Waals surface area contributed by atoms with E-state index in [1.807, 2.05) is 18.2 Å². The third-order valence-electron chi connectivity index (χ3n) is 5.17. The lowest BCUT2D eigenvalue weighted by atomic mass is 10.1. The van der Waals surface area contributed by atoms with E-state index in [4.69, 9.17) is 18.9 Å². The Bertz CT molecular complexity index is 1290. The second kappa shape index (κ2) is 12.1. The summed E-state index contributed by atoms with van der Waals surface area (Å²) in [5, 5.41) is 13.8. The quantitative estimate of drug-likeness (QED) is 0.174. The highest BCUT2D eigenvalue weighted by Gasteiger charge is 2.12. The summed E-state index contributed by atoms with van der Waals surface area (Å²) < 4.78 is 21.5. The average Bonchev–Trinajstić information content (AvgIpc) is 2.90. The standard InChI is InChI=1S/C27H26N2O7/c1-33-22-12-11-20(10-8-19-15-24(34-2)27(36-4)25(16-19)35-3)23(17-22)28-26(30)13-9-18-6-5-7-21(14-18)29(31)32/h5-17H,1-4H3,(H,28,30)/b10-8+,13-9+. The van der Waals surface area contributed by atoms with Gasteiger partial charge in [-0.05, 0) is 47.0 Å². The van der Waals surface area contributed by atoms with E-state index in [0.29, 0.717) is 34.2 Å². The maximum Gasteiger partial charge on any atom is 0.270 e. The predicted octanol–water partition coefficient (Wildman–Crippen LogP) is 5.45. The molecule has 9 heteroatoms. The Labute approximate surface area is 208 Å². The number of ether oxygens (including phenoxy) is 4. The van der Waals surface area contributed by atoms with E-state index in [-0.39, 0.29) is 5.69 Å². The van der Waals surface area contributed by atoms with Gasteiger partial charge in [-0.2, -0.15) is 0 Å². The van der Waals surface area contributed by atoms with Crippen molar-refractivity contribution in [2.45, 2.75) is 0 Å². The molecule has 3 aromatic carbocycles. The maximum absolute atomic E-state index is 12.6. The monoisotopic (exact) mass is 490 g/mol. The average molecular weight is 491 g/mol. The molecule has 0 radical (unpaired) electrons. The smallest absolute Gasteiger partial charge is 0.270 e. The lowest BCUT2D eigenvalue weighted by Crippen LogP contribution is -2.09. The Hall–Kier alpha value is -4.79. The molecule has 1 amide bonds. The number of nitro groups is 1. The minimum absolute atomic E-state index is 0.0513. The number of hydrogen-bond donors (Lipinski definition) is 1. The second-order valence-electron chi connectivity index (χ2n) is 7.42. The highest BCUT2D eigenvalue weighted by Crippen LogP contribution is 2.38. The number of nitrogens with zero attached hydrogens (tertiary/aromatic N) is 1. The Morgan fingerprint density at radius 2 is 1.56 bits per heavy atom. The SMILES string of the molecule is COc1ccc(/C=C/c2cc(OC)c(OC)c(OC)c2)c(NC(=O)/C=C/c2cccc([N+](=O)[O-])c2)c1. The molecule has 0 aliphatic carbocycles. The van der Waals surface area contributed by atoms with E-state index < -0.39 is 10.8 Å². The summed E-state index contributed by atoms with van der Waals surface area (Å²) in [5.41, 5.74) is 2.52. The number of rotatable bonds is 10. The fraction of sp³-hybridized carbons (Fsp3) is 0.148. The van der Waals surface area contributed by atoms with Crippen molar-refractivity contribution in [1.82, 2.24) is 0 Å². The zero-order chi connectivity index (χ0) is 26.1. The normalized spacial score (nSPS) is 10.9. The molecular weight excluding hydrogens is 464 g/mol. The number of nitrogens with one attached hydrogen (secondary N) is 1. The van der Waals surface area contributed by atoms with Crippen molar-refractivity contribution < 1.29 is 28.7 Å². The number of hydrogen-bond acceptors (Lipinski definition) is 7. The van der Waals surface area contributed by atoms with Crippen molar-refractivity contribution in [3.05, 3.63) is 87.5 Å². The highest BCUT2D eigenvalue weighted by atomic mass is 16.6. The van der Waals surface area contributed by atoms with Crippen molar-refractivity contribution in [1.29, 1.82) is 0 Å². The minimum atomic E-state index is -0.486. The highest BCUT2D eigenvalue weighted by molar-refractivity contribution is 6.03. The van der Waals surface area contributed by atoms with E-state index in [1.54, 1.807) is 50.6 Å². The van der Waals surface area contributed by atoms with Gasteiger partial charge in [0.25, 0.3) is 5.69 Å². The number of methoxy groups -OCH3 is 4. The van der Waals surface area contributed by atoms with Crippen molar-refractivity contribution in [2.24, 2.45) is 0 Å². The van der Waals surface area contributed by atoms with Gasteiger partial charge in [0.1, 0.15) is 5.75 Å². The summed E-state index contributed by atoms with van der Waals surface area (Å²) in [7, 11) is 6.16. The number of anilines is 1. The van der Waals surface area contributed by atoms with Gasteiger partial charge in [-0.25, -0.2) is 0 Å². The van der Waals surface area contributed by atoms with E-state index in [2.05, 4.69) is 5.32 Å². The van der Waals surface area contributed by atoms with Crippen molar-refractivity contribution in [2.75, 3.05) is 33.8 Å². The van der Waals surface area contributed by atoms with Crippen molar-refractivity contribution in [3.63, 3.8) is 0 Å². The Balaban J connectivity index is 1.86. The number of non-ortho nitro benzene ring substituents is 1. The van der Waals surface area contributed by atoms with Gasteiger partial charge in [-0.1, -0.05) is 24.3 Å². The lowest BCUT2D eigenvalue weighted by Gasteiger charge is -2.13. The zero-order valence-electron chi connectivity index (χ0n) is 20.3. The van der Waals surface area contributed by atoms with Crippen LogP contribution in [0, 0.1) is 10.1 Å². The Kier molecular flexibility index (Phi) is 8.66. The first kappa shape index (κ1) is 25.8. The third kappa shape index (κ3) is 6.41. The largest absolute Gasteiger partial charge is 0.497 e. The molecule has 0 aliphatic heterocycles. The van der Waals surface area contributed by atoms with Crippen LogP contribution in [0.3, 0.4) is 0 Å². The molecule has 0 bridgehead atoms. The summed E-state index contributed by atoms with van der Waals surface area (Å²) in [6.07, 6.45) is 6.50. The summed E-state index contributed by atoms with van der Waals surface area (Å²) >= 11 is 0. The van der Waals surface area contributed by atoms with Crippen molar-refractivity contribution in [3.8, 4) is 23.0 Å². The summed E-state index contributed by atoms with van der Waals surface area (Å²) in [6.45, 7) is 0. The van der Waals surface area contributed by atoms with Gasteiger partial charge in [-0.3, -0.25) is 14.9 Å². The van der Waals surface area contributed by atoms with Crippen LogP contribution in [0.25, 0.3) is 18.2 Å². The molecule has 3 aromatic rings. The number of benzene rings is 3. The number of nitro benzene ring substituents is 1. The van der Waals surface area contributed by atoms with Crippen molar-refractivity contribution >= 4 is 35.5 Å². The van der Waals surface area contributed by atoms with Crippen LogP contribution in [0.4, 0.5) is 11.4 Å². The van der Waals surface area contributed by atoms with Gasteiger partial charge >= 0.3 is 0 Å². The first-order valence-corrected chi connectivity index (χ1v) is 10.8. The fourth-order valence-electron chi connectivity index (χ4n) is 3.39. The molecule has 0 fully saturated rings. The summed E-state index contributed by atoms with van der Waals surface area (Å²) in [5.74, 6) is 1.69. The molecule has 0 saturated carbocycles. The van der Waals surface area contributed by atoms with Crippen LogP contribution in [-0.2, 0) is 4.79 Å². The molecule has 9 nitrogen and oxygen atoms in total. The topological polar surface area (TPSA) is 109 Å². The van der Waals surface area contributed by atoms with Gasteiger partial charge in [0.05, 0.1) is 39.0 Å². The van der Waals surface area contributed by atoms with Crippen LogP contribution in [0.5, 0.6) is 23.0 Å². The van der Waals surface area contributed by atoms with Gasteiger partial charge in [0.2, 0.25) is 11.7 Å². The number of carbonyl (C=O) groups excluding carboxylic acids is 1. The van der Waals surface area contributed by atoms with E-state index in [1.165, 1.54) is 38.5 Å². The molecule has 186 valence electrons. The molecular formula is C27H26N2O7. The first-order valence-electron chi connectivity index (χ1n) is 10.8. The van der Waals surface area contributed by atoms with Gasteiger partial charge in [0, 0.05) is 24.3 Å². The van der Waals surface area contributed by atoms with Crippen LogP contribution in [0.2, 0.25) is 0 Å². The molecule has 0 unspecified atom stereocenters. The second-order valence-corrected chi connectivity index (χ2v) is 7.42. The number of amides is 1. The molecule has 0 atom stereocenters. The van der Waals surface area contributed by atoms with E-state index in [0.717, 1.165) is 11.1 Å². The molecule has 0 heterocycles. The molecule has 0 spiro atoms. The molecule has 36 heavy (non-hydrogen) atoms. The lowest BCUT2D eigenvalue weighted by molar-refractivity contribution is -0.384. The first-order chi connectivity index (χ1) is 17.4. The Morgan fingerprint density at radius 3 is 2.17 bits per heavy atom. The number of carbonyl (C=O) groups is 1. The maximum atomic E-state index is 12.6. The Morgan fingerprint density at radius 1 is 0.833 bits per heavy atom. The van der Waals surface area contributed by atoms with Crippen LogP contribution in [-0.4, -0.2) is 39.3 Å². The van der Waals surface area contributed by atoms with Crippen LogP contribution in [0.1, 0.15) is 16.7 Å². The molecule has 0 aliphatic rings. The fourth-order valence-corrected chi connectivity index (χ4v) is 3.39. The van der Waals surface area contributed by atoms with Crippen LogP contribution >= 0.6 is 0 Å². The third-order valence-corrected chi connectivity index (χ3v) is 5.17. The molecule has 0 aromatic heterocycles. The van der Waals surface area contributed by atoms with Gasteiger partial charge in [-0.15, -0.1) is 0 Å². The van der Waals surface area contributed by atoms with Crippen LogP contribution < -0.4 is 24.3 Å². The zero-order valence-corrected chi connectivity index (χ0v) is 20.3. The van der Waals surface area contributed by atoms with Gasteiger partial charge < -0.3 is 24.3 Å². The van der Waals surface area contributed by atoms with Gasteiger partial charge in [0.15, 0.2) is 11.5 Å². The van der Waals surface area contributed by atoms with E-state index in [9.17, 15) is 14.9 Å². The summed E-state index contributed by atoms with van der Waals surface area (Å²) in [6, 6.07) is 14.9.